The maximum atomic E-state index is 5.30. The van der Waals surface area contributed by atoms with E-state index in [2.05, 4.69) is 41.5 Å². The van der Waals surface area contributed by atoms with Gasteiger partial charge in [0.25, 0.3) is 0 Å². The fraction of sp³-hybridized carbons (Fsp3) is 1.00. The molecule has 0 rings (SSSR count). The van der Waals surface area contributed by atoms with E-state index in [0.29, 0.717) is 0 Å². The van der Waals surface area contributed by atoms with Crippen LogP contribution in [0.15, 0.2) is 0 Å². The van der Waals surface area contributed by atoms with E-state index in [1.807, 2.05) is 0 Å². The number of hydrogen-bond acceptors (Lipinski definition) is 2. The molecule has 0 saturated carbocycles. The topological polar surface area (TPSA) is 0 Å². The van der Waals surface area contributed by atoms with Crippen LogP contribution in [-0.2, 0) is 47.6 Å². The van der Waals surface area contributed by atoms with Gasteiger partial charge >= 0.3 is 22.4 Å². The van der Waals surface area contributed by atoms with Crippen LogP contribution >= 0.6 is 0 Å². The van der Waals surface area contributed by atoms with Crippen molar-refractivity contribution in [3.63, 3.8) is 0 Å². The maximum Gasteiger partial charge on any atom is 2.00 e. The molecule has 0 amide bonds. The van der Waals surface area contributed by atoms with Gasteiger partial charge in [0.05, 0.1) is 0 Å². The quantitative estimate of drug-likeness (QED) is 0.0987. The van der Waals surface area contributed by atoms with Gasteiger partial charge in [0, 0.05) is 0 Å². The predicted molar refractivity (Wildman–Crippen MR) is 128 cm³/mol. The van der Waals surface area contributed by atoms with Crippen LogP contribution in [0.5, 0.6) is 0 Å². The Labute approximate surface area is 200 Å². The molecule has 0 aliphatic carbocycles. The molecule has 0 fully saturated rings. The molecule has 0 aromatic rings. The molecule has 1 radical (unpaired) electrons. The van der Waals surface area contributed by atoms with Crippen molar-refractivity contribution in [3.05, 3.63) is 0 Å². The summed E-state index contributed by atoms with van der Waals surface area (Å²) in [5.41, 5.74) is 0. The van der Waals surface area contributed by atoms with Crippen LogP contribution in [0, 0.1) is 0 Å². The van der Waals surface area contributed by atoms with Crippen LogP contribution < -0.4 is 0 Å². The molecular weight excluding hydrogens is 549 g/mol. The van der Waals surface area contributed by atoms with Crippen molar-refractivity contribution in [2.24, 2.45) is 0 Å². The van der Waals surface area contributed by atoms with E-state index in [9.17, 15) is 0 Å². The largest absolute Gasteiger partial charge is 2.00 e. The van der Waals surface area contributed by atoms with Crippen LogP contribution in [-0.4, -0.2) is 9.49 Å². The molecule has 0 aliphatic rings. The molecule has 0 saturated heterocycles. The number of hydrogen-bond donors (Lipinski definition) is 0. The van der Waals surface area contributed by atoms with E-state index < -0.39 is 0 Å². The third-order valence-corrected chi connectivity index (χ3v) is 5.17. The first-order valence-corrected chi connectivity index (χ1v) is 12.3. The van der Waals surface area contributed by atoms with E-state index in [1.54, 1.807) is 0 Å². The van der Waals surface area contributed by atoms with Crippen molar-refractivity contribution < 1.29 is 22.4 Å². The fourth-order valence-electron chi connectivity index (χ4n) is 3.02. The Hall–Kier alpha value is 1.44. The summed E-state index contributed by atoms with van der Waals surface area (Å²) in [4.78, 5) is 0. The molecular formula is C24H50AuS2. The molecule has 0 nitrogen and oxygen atoms in total. The van der Waals surface area contributed by atoms with Gasteiger partial charge < -0.3 is 25.3 Å². The Bertz CT molecular complexity index is 239. The summed E-state index contributed by atoms with van der Waals surface area (Å²) in [6, 6.07) is 0. The average Bonchev–Trinajstić information content (AvgIpc) is 2.52. The monoisotopic (exact) mass is 599 g/mol. The standard InChI is InChI=1S/2C12H26S.Au/c2*1-4-5-6-7-8-9-10-11-12(2,3)13;/h2*13H,4-11H2,1-3H3;/q;;+2/p-2. The van der Waals surface area contributed by atoms with Crippen molar-refractivity contribution >= 4 is 25.3 Å². The van der Waals surface area contributed by atoms with Gasteiger partial charge in [0.15, 0.2) is 0 Å². The summed E-state index contributed by atoms with van der Waals surface area (Å²) in [5, 5.41) is 0. The number of unbranched alkanes of at least 4 members (excludes halogenated alkanes) is 12. The Morgan fingerprint density at radius 1 is 0.444 bits per heavy atom. The fourth-order valence-corrected chi connectivity index (χ4v) is 3.30. The van der Waals surface area contributed by atoms with Crippen molar-refractivity contribution in [3.8, 4) is 0 Å². The Morgan fingerprint density at radius 3 is 0.889 bits per heavy atom. The van der Waals surface area contributed by atoms with E-state index >= 15 is 0 Å². The first-order valence-electron chi connectivity index (χ1n) is 11.5. The van der Waals surface area contributed by atoms with E-state index in [0.717, 1.165) is 0 Å². The molecule has 0 bridgehead atoms. The van der Waals surface area contributed by atoms with Gasteiger partial charge in [0.2, 0.25) is 0 Å². The SMILES string of the molecule is CCCCCCCCCC(C)(C)[S-].CCCCCCCCCC(C)(C)[S-].[Au+2]. The van der Waals surface area contributed by atoms with Crippen molar-refractivity contribution in [1.29, 1.82) is 0 Å². The summed E-state index contributed by atoms with van der Waals surface area (Å²) in [6.07, 6.45) is 21.8. The summed E-state index contributed by atoms with van der Waals surface area (Å²) in [7, 11) is 0. The first kappa shape index (κ1) is 33.1. The van der Waals surface area contributed by atoms with Gasteiger partial charge in [-0.2, -0.15) is 9.49 Å². The van der Waals surface area contributed by atoms with Crippen LogP contribution in [0.1, 0.15) is 144 Å². The molecule has 0 atom stereocenters. The molecule has 0 aliphatic heterocycles. The second-order valence-corrected chi connectivity index (χ2v) is 11.5. The smallest absolute Gasteiger partial charge is 0.786 e. The van der Waals surface area contributed by atoms with Gasteiger partial charge in [-0.3, -0.25) is 0 Å². The van der Waals surface area contributed by atoms with Crippen LogP contribution in [0.4, 0.5) is 0 Å². The molecule has 0 aromatic carbocycles. The zero-order valence-electron chi connectivity index (χ0n) is 19.4. The number of rotatable bonds is 16. The normalized spacial score (nSPS) is 11.6. The summed E-state index contributed by atoms with van der Waals surface area (Å²) >= 11 is 10.6. The molecule has 0 aromatic heterocycles. The molecule has 3 heteroatoms. The minimum absolute atomic E-state index is 0. The van der Waals surface area contributed by atoms with Gasteiger partial charge in [-0.1, -0.05) is 144 Å². The van der Waals surface area contributed by atoms with E-state index in [1.165, 1.54) is 103 Å². The third-order valence-electron chi connectivity index (χ3n) is 4.76. The summed E-state index contributed by atoms with van der Waals surface area (Å²) in [5.74, 6) is 0. The van der Waals surface area contributed by atoms with Gasteiger partial charge in [0.1, 0.15) is 0 Å². The minimum Gasteiger partial charge on any atom is -0.786 e. The van der Waals surface area contributed by atoms with Crippen LogP contribution in [0.25, 0.3) is 0 Å². The minimum atomic E-state index is 0. The molecule has 0 heterocycles. The summed E-state index contributed by atoms with van der Waals surface area (Å²) in [6.45, 7) is 13.1. The van der Waals surface area contributed by atoms with Crippen molar-refractivity contribution in [1.82, 2.24) is 0 Å². The molecule has 0 spiro atoms. The zero-order chi connectivity index (χ0) is 20.3. The Kier molecular flexibility index (Phi) is 27.1. The van der Waals surface area contributed by atoms with Gasteiger partial charge in [-0.15, -0.1) is 0 Å². The van der Waals surface area contributed by atoms with Crippen molar-refractivity contribution in [2.45, 2.75) is 154 Å². The molecule has 27 heavy (non-hydrogen) atoms. The molecule has 0 unspecified atom stereocenters. The maximum absolute atomic E-state index is 5.30. The van der Waals surface area contributed by atoms with Crippen LogP contribution in [0.2, 0.25) is 0 Å². The Morgan fingerprint density at radius 2 is 0.667 bits per heavy atom. The van der Waals surface area contributed by atoms with E-state index in [4.69, 9.17) is 25.3 Å². The first-order chi connectivity index (χ1) is 12.1. The van der Waals surface area contributed by atoms with Crippen molar-refractivity contribution in [2.75, 3.05) is 0 Å². The predicted octanol–water partition coefficient (Wildman–Crippen LogP) is 8.90. The molecule has 169 valence electrons. The van der Waals surface area contributed by atoms with Gasteiger partial charge in [-0.25, -0.2) is 0 Å². The molecule has 0 N–H and O–H groups in total. The average molecular weight is 600 g/mol. The third kappa shape index (κ3) is 38.6. The van der Waals surface area contributed by atoms with Crippen LogP contribution in [0.3, 0.4) is 0 Å². The second-order valence-electron chi connectivity index (χ2n) is 9.26. The Balaban J connectivity index is -0.000000411. The zero-order valence-corrected chi connectivity index (χ0v) is 23.2. The van der Waals surface area contributed by atoms with E-state index in [-0.39, 0.29) is 31.9 Å². The second kappa shape index (κ2) is 22.1. The summed E-state index contributed by atoms with van der Waals surface area (Å²) < 4.78 is 0.257. The van der Waals surface area contributed by atoms with Gasteiger partial charge in [-0.05, 0) is 0 Å².